The highest BCUT2D eigenvalue weighted by Gasteiger charge is 2.40. The average molecular weight is 332 g/mol. The van der Waals surface area contributed by atoms with Crippen LogP contribution in [0.5, 0.6) is 0 Å². The molecular weight excluding hydrogens is 308 g/mol. The van der Waals surface area contributed by atoms with E-state index in [1.165, 1.54) is 0 Å². The summed E-state index contributed by atoms with van der Waals surface area (Å²) in [5.74, 6) is 0. The standard InChI is InChI=1S/C23H24O2/c1-19(25-18-20-12-6-3-7-13-20)23(24-2,21-14-8-4-9-15-21)22-16-10-5-11-17-22/h3-17,19H,18H2,1-2H3/t19-/m0/s1. The lowest BCUT2D eigenvalue weighted by atomic mass is 9.82. The zero-order valence-electron chi connectivity index (χ0n) is 14.8. The average Bonchev–Trinajstić information content (AvgIpc) is 2.70. The summed E-state index contributed by atoms with van der Waals surface area (Å²) in [7, 11) is 1.75. The molecule has 2 heteroatoms. The summed E-state index contributed by atoms with van der Waals surface area (Å²) in [6.07, 6.45) is -0.164. The van der Waals surface area contributed by atoms with Crippen LogP contribution < -0.4 is 0 Å². The molecule has 128 valence electrons. The third-order valence-corrected chi connectivity index (χ3v) is 4.64. The Kier molecular flexibility index (Phi) is 5.64. The van der Waals surface area contributed by atoms with Gasteiger partial charge in [-0.2, -0.15) is 0 Å². The monoisotopic (exact) mass is 332 g/mol. The second-order valence-corrected chi connectivity index (χ2v) is 6.11. The molecule has 0 N–H and O–H groups in total. The molecule has 0 aromatic heterocycles. The molecular formula is C23H24O2. The van der Waals surface area contributed by atoms with Gasteiger partial charge in [0.15, 0.2) is 0 Å². The van der Waals surface area contributed by atoms with E-state index in [0.29, 0.717) is 6.61 Å². The maximum absolute atomic E-state index is 6.27. The first kappa shape index (κ1) is 17.4. The van der Waals surface area contributed by atoms with Crippen molar-refractivity contribution in [1.29, 1.82) is 0 Å². The van der Waals surface area contributed by atoms with Crippen molar-refractivity contribution in [2.75, 3.05) is 7.11 Å². The van der Waals surface area contributed by atoms with Crippen LogP contribution in [-0.4, -0.2) is 13.2 Å². The van der Waals surface area contributed by atoms with Gasteiger partial charge in [-0.05, 0) is 23.6 Å². The molecule has 0 bridgehead atoms. The van der Waals surface area contributed by atoms with Crippen molar-refractivity contribution in [3.8, 4) is 0 Å². The SMILES string of the molecule is COC(c1ccccc1)(c1ccccc1)[C@H](C)OCc1ccccc1. The number of benzene rings is 3. The first-order chi connectivity index (χ1) is 12.3. The van der Waals surface area contributed by atoms with Crippen LogP contribution in [0, 0.1) is 0 Å². The van der Waals surface area contributed by atoms with Crippen molar-refractivity contribution in [3.05, 3.63) is 108 Å². The van der Waals surface area contributed by atoms with Gasteiger partial charge < -0.3 is 9.47 Å². The molecule has 0 amide bonds. The molecule has 0 unspecified atom stereocenters. The molecule has 0 aliphatic heterocycles. The summed E-state index contributed by atoms with van der Waals surface area (Å²) in [6, 6.07) is 30.8. The van der Waals surface area contributed by atoms with Crippen molar-refractivity contribution >= 4 is 0 Å². The van der Waals surface area contributed by atoms with E-state index in [2.05, 4.69) is 43.3 Å². The van der Waals surface area contributed by atoms with Crippen molar-refractivity contribution < 1.29 is 9.47 Å². The van der Waals surface area contributed by atoms with Gasteiger partial charge in [-0.1, -0.05) is 91.0 Å². The van der Waals surface area contributed by atoms with E-state index < -0.39 is 5.60 Å². The predicted molar refractivity (Wildman–Crippen MR) is 101 cm³/mol. The summed E-state index contributed by atoms with van der Waals surface area (Å²) in [5, 5.41) is 0. The van der Waals surface area contributed by atoms with Crippen LogP contribution in [0.1, 0.15) is 23.6 Å². The smallest absolute Gasteiger partial charge is 0.143 e. The number of rotatable bonds is 7. The molecule has 0 spiro atoms. The van der Waals surface area contributed by atoms with Gasteiger partial charge in [0.25, 0.3) is 0 Å². The fourth-order valence-electron chi connectivity index (χ4n) is 3.32. The molecule has 25 heavy (non-hydrogen) atoms. The zero-order chi connectivity index (χ0) is 17.5. The fourth-order valence-corrected chi connectivity index (χ4v) is 3.32. The number of methoxy groups -OCH3 is 1. The van der Waals surface area contributed by atoms with E-state index in [9.17, 15) is 0 Å². The largest absolute Gasteiger partial charge is 0.370 e. The first-order valence-electron chi connectivity index (χ1n) is 8.59. The third-order valence-electron chi connectivity index (χ3n) is 4.64. The van der Waals surface area contributed by atoms with Crippen molar-refractivity contribution in [2.24, 2.45) is 0 Å². The highest BCUT2D eigenvalue weighted by Crippen LogP contribution is 2.38. The van der Waals surface area contributed by atoms with Crippen molar-refractivity contribution in [3.63, 3.8) is 0 Å². The minimum Gasteiger partial charge on any atom is -0.370 e. The summed E-state index contributed by atoms with van der Waals surface area (Å²) < 4.78 is 12.4. The normalized spacial score (nSPS) is 12.7. The number of hydrogen-bond donors (Lipinski definition) is 0. The minimum absolute atomic E-state index is 0.164. The van der Waals surface area contributed by atoms with Gasteiger partial charge in [-0.3, -0.25) is 0 Å². The molecule has 0 aliphatic rings. The molecule has 0 radical (unpaired) electrons. The van der Waals surface area contributed by atoms with Crippen molar-refractivity contribution in [2.45, 2.75) is 25.2 Å². The van der Waals surface area contributed by atoms with E-state index in [1.807, 2.05) is 54.6 Å². The Hall–Kier alpha value is -2.42. The topological polar surface area (TPSA) is 18.5 Å². The highest BCUT2D eigenvalue weighted by atomic mass is 16.5. The quantitative estimate of drug-likeness (QED) is 0.593. The van der Waals surface area contributed by atoms with Crippen LogP contribution >= 0.6 is 0 Å². The fraction of sp³-hybridized carbons (Fsp3) is 0.217. The summed E-state index contributed by atoms with van der Waals surface area (Å²) in [6.45, 7) is 2.62. The Morgan fingerprint density at radius 3 is 1.60 bits per heavy atom. The minimum atomic E-state index is -0.655. The second-order valence-electron chi connectivity index (χ2n) is 6.11. The Morgan fingerprint density at radius 2 is 1.16 bits per heavy atom. The van der Waals surface area contributed by atoms with E-state index in [-0.39, 0.29) is 6.10 Å². The van der Waals surface area contributed by atoms with Crippen molar-refractivity contribution in [1.82, 2.24) is 0 Å². The zero-order valence-corrected chi connectivity index (χ0v) is 14.8. The highest BCUT2D eigenvalue weighted by molar-refractivity contribution is 5.38. The van der Waals surface area contributed by atoms with E-state index in [4.69, 9.17) is 9.47 Å². The van der Waals surface area contributed by atoms with Gasteiger partial charge in [0.1, 0.15) is 5.60 Å². The molecule has 0 fully saturated rings. The lowest BCUT2D eigenvalue weighted by molar-refractivity contribution is -0.109. The Bertz CT molecular complexity index is 714. The Labute approximate surface area is 150 Å². The van der Waals surface area contributed by atoms with Crippen LogP contribution in [0.2, 0.25) is 0 Å². The van der Waals surface area contributed by atoms with Crippen LogP contribution in [-0.2, 0) is 21.7 Å². The van der Waals surface area contributed by atoms with Crippen LogP contribution in [0.4, 0.5) is 0 Å². The molecule has 0 heterocycles. The van der Waals surface area contributed by atoms with Gasteiger partial charge in [0.2, 0.25) is 0 Å². The molecule has 1 atom stereocenters. The van der Waals surface area contributed by atoms with Crippen LogP contribution in [0.15, 0.2) is 91.0 Å². The van der Waals surface area contributed by atoms with Gasteiger partial charge in [-0.15, -0.1) is 0 Å². The van der Waals surface area contributed by atoms with E-state index in [1.54, 1.807) is 7.11 Å². The summed E-state index contributed by atoms with van der Waals surface area (Å²) in [4.78, 5) is 0. The molecule has 2 nitrogen and oxygen atoms in total. The lowest BCUT2D eigenvalue weighted by Crippen LogP contribution is -2.42. The maximum atomic E-state index is 6.27. The molecule has 0 saturated carbocycles. The van der Waals surface area contributed by atoms with Gasteiger partial charge >= 0.3 is 0 Å². The van der Waals surface area contributed by atoms with Gasteiger partial charge in [-0.25, -0.2) is 0 Å². The molecule has 3 aromatic carbocycles. The summed E-state index contributed by atoms with van der Waals surface area (Å²) >= 11 is 0. The molecule has 3 aromatic rings. The molecule has 3 rings (SSSR count). The number of hydrogen-bond acceptors (Lipinski definition) is 2. The maximum Gasteiger partial charge on any atom is 0.143 e. The Morgan fingerprint density at radius 1 is 0.720 bits per heavy atom. The lowest BCUT2D eigenvalue weighted by Gasteiger charge is -2.38. The van der Waals surface area contributed by atoms with Crippen LogP contribution in [0.25, 0.3) is 0 Å². The van der Waals surface area contributed by atoms with E-state index >= 15 is 0 Å². The first-order valence-corrected chi connectivity index (χ1v) is 8.59. The molecule has 0 saturated heterocycles. The van der Waals surface area contributed by atoms with Crippen LogP contribution in [0.3, 0.4) is 0 Å². The van der Waals surface area contributed by atoms with Gasteiger partial charge in [0.05, 0.1) is 12.7 Å². The number of ether oxygens (including phenoxy) is 2. The third kappa shape index (κ3) is 3.65. The Balaban J connectivity index is 1.96. The second kappa shape index (κ2) is 8.11. The summed E-state index contributed by atoms with van der Waals surface area (Å²) in [5.41, 5.74) is 2.67. The van der Waals surface area contributed by atoms with Gasteiger partial charge in [0, 0.05) is 7.11 Å². The molecule has 0 aliphatic carbocycles. The van der Waals surface area contributed by atoms with E-state index in [0.717, 1.165) is 16.7 Å². The predicted octanol–water partition coefficient (Wildman–Crippen LogP) is 5.18.